The van der Waals surface area contributed by atoms with Crippen LogP contribution in [0.1, 0.15) is 37.5 Å². The predicted octanol–water partition coefficient (Wildman–Crippen LogP) is 6.52. The van der Waals surface area contributed by atoms with E-state index < -0.39 is 28.5 Å². The maximum Gasteiger partial charge on any atom is 0.264 e. The molecule has 0 aliphatic rings. The molecule has 0 aromatic heterocycles. The Kier molecular flexibility index (Phi) is 12.0. The summed E-state index contributed by atoms with van der Waals surface area (Å²) >= 11 is 3.37. The average Bonchev–Trinajstić information content (AvgIpc) is 3.02. The Morgan fingerprint density at radius 1 is 0.870 bits per heavy atom. The summed E-state index contributed by atoms with van der Waals surface area (Å²) in [5.41, 5.74) is 3.00. The van der Waals surface area contributed by atoms with E-state index in [1.54, 1.807) is 36.4 Å². The molecule has 242 valence electrons. The number of nitrogens with zero attached hydrogens (tertiary/aromatic N) is 2. The molecule has 0 unspecified atom stereocenters. The van der Waals surface area contributed by atoms with E-state index >= 15 is 0 Å². The van der Waals surface area contributed by atoms with Crippen molar-refractivity contribution < 1.29 is 22.7 Å². The van der Waals surface area contributed by atoms with Crippen molar-refractivity contribution in [1.82, 2.24) is 10.2 Å². The van der Waals surface area contributed by atoms with E-state index in [0.717, 1.165) is 25.5 Å². The summed E-state index contributed by atoms with van der Waals surface area (Å²) in [4.78, 5) is 29.9. The van der Waals surface area contributed by atoms with Gasteiger partial charge in [-0.2, -0.15) is 0 Å². The summed E-state index contributed by atoms with van der Waals surface area (Å²) in [5, 5.41) is 2.98. The number of rotatable bonds is 14. The Hall–Kier alpha value is -4.15. The van der Waals surface area contributed by atoms with Crippen LogP contribution in [0.4, 0.5) is 5.69 Å². The fraction of sp³-hybridized carbons (Fsp3) is 0.278. The first kappa shape index (κ1) is 34.7. The monoisotopic (exact) mass is 705 g/mol. The Labute approximate surface area is 280 Å². The molecule has 8 nitrogen and oxygen atoms in total. The van der Waals surface area contributed by atoms with Crippen LogP contribution in [-0.2, 0) is 32.6 Å². The van der Waals surface area contributed by atoms with E-state index in [9.17, 15) is 18.0 Å². The molecular weight excluding hydrogens is 666 g/mol. The molecular formula is C36H40BrN3O5S. The highest BCUT2D eigenvalue weighted by atomic mass is 79.9. The van der Waals surface area contributed by atoms with Gasteiger partial charge >= 0.3 is 0 Å². The molecule has 0 aliphatic heterocycles. The smallest absolute Gasteiger partial charge is 0.264 e. The average molecular weight is 707 g/mol. The summed E-state index contributed by atoms with van der Waals surface area (Å²) < 4.78 is 35.8. The summed E-state index contributed by atoms with van der Waals surface area (Å²) in [6.45, 7) is 7.58. The van der Waals surface area contributed by atoms with Crippen LogP contribution in [0.2, 0.25) is 0 Å². The number of carbonyl (C=O) groups is 2. The SMILES string of the molecule is CCOc1ccc(N(CC(=O)N(Cc2cccc(C)c2)[C@@H](Cc2ccccc2)C(=O)NC(C)C)S(=O)(=O)c2ccc(Br)cc2)cc1. The quantitative estimate of drug-likeness (QED) is 0.161. The standard InChI is InChI=1S/C36H40BrN3O5S/c1-5-45-32-18-16-31(17-19-32)40(46(43,44)33-20-14-30(37)15-21-33)25-35(41)39(24-29-13-9-10-27(4)22-29)34(36(42)38-26(2)3)23-28-11-7-6-8-12-28/h6-22,26,34H,5,23-25H2,1-4H3,(H,38,42)/t34-/m0/s1. The molecule has 1 atom stereocenters. The molecule has 0 saturated heterocycles. The molecule has 0 radical (unpaired) electrons. The van der Waals surface area contributed by atoms with E-state index in [0.29, 0.717) is 18.0 Å². The van der Waals surface area contributed by atoms with Crippen LogP contribution < -0.4 is 14.4 Å². The van der Waals surface area contributed by atoms with E-state index in [4.69, 9.17) is 4.74 Å². The maximum absolute atomic E-state index is 14.5. The van der Waals surface area contributed by atoms with Gasteiger partial charge in [-0.05, 0) is 87.4 Å². The van der Waals surface area contributed by atoms with Crippen LogP contribution in [0.3, 0.4) is 0 Å². The number of carbonyl (C=O) groups excluding carboxylic acids is 2. The number of hydrogen-bond donors (Lipinski definition) is 1. The van der Waals surface area contributed by atoms with Gasteiger partial charge in [-0.1, -0.05) is 76.1 Å². The van der Waals surface area contributed by atoms with E-state index in [-0.39, 0.29) is 29.8 Å². The molecule has 0 saturated carbocycles. The molecule has 46 heavy (non-hydrogen) atoms. The topological polar surface area (TPSA) is 96.0 Å². The van der Waals surface area contributed by atoms with Gasteiger partial charge in [0, 0.05) is 23.5 Å². The highest BCUT2D eigenvalue weighted by Gasteiger charge is 2.35. The normalized spacial score (nSPS) is 12.0. The van der Waals surface area contributed by atoms with Gasteiger partial charge in [0.05, 0.1) is 17.2 Å². The zero-order valence-corrected chi connectivity index (χ0v) is 28.9. The van der Waals surface area contributed by atoms with Crippen molar-refractivity contribution in [1.29, 1.82) is 0 Å². The molecule has 4 rings (SSSR count). The molecule has 0 bridgehead atoms. The van der Waals surface area contributed by atoms with Crippen LogP contribution in [-0.4, -0.2) is 50.4 Å². The highest BCUT2D eigenvalue weighted by molar-refractivity contribution is 9.10. The lowest BCUT2D eigenvalue weighted by atomic mass is 10.0. The van der Waals surface area contributed by atoms with Gasteiger partial charge in [0.2, 0.25) is 11.8 Å². The van der Waals surface area contributed by atoms with Gasteiger partial charge in [-0.15, -0.1) is 0 Å². The molecule has 10 heteroatoms. The van der Waals surface area contributed by atoms with Crippen molar-refractivity contribution in [3.8, 4) is 5.75 Å². The predicted molar refractivity (Wildman–Crippen MR) is 185 cm³/mol. The van der Waals surface area contributed by atoms with Gasteiger partial charge in [-0.25, -0.2) is 8.42 Å². The first-order valence-corrected chi connectivity index (χ1v) is 17.4. The third-order valence-electron chi connectivity index (χ3n) is 7.25. The Morgan fingerprint density at radius 3 is 2.13 bits per heavy atom. The molecule has 4 aromatic rings. The number of ether oxygens (including phenoxy) is 1. The minimum absolute atomic E-state index is 0.0287. The first-order chi connectivity index (χ1) is 22.0. The zero-order chi connectivity index (χ0) is 33.3. The van der Waals surface area contributed by atoms with Crippen molar-refractivity contribution >= 4 is 43.5 Å². The van der Waals surface area contributed by atoms with Gasteiger partial charge in [0.1, 0.15) is 18.3 Å². The largest absolute Gasteiger partial charge is 0.494 e. The molecule has 0 heterocycles. The summed E-state index contributed by atoms with van der Waals surface area (Å²) in [6.07, 6.45) is 0.249. The lowest BCUT2D eigenvalue weighted by molar-refractivity contribution is -0.140. The third-order valence-corrected chi connectivity index (χ3v) is 9.57. The summed E-state index contributed by atoms with van der Waals surface area (Å²) in [5.74, 6) is -0.257. The van der Waals surface area contributed by atoms with Crippen molar-refractivity contribution in [3.05, 3.63) is 124 Å². The van der Waals surface area contributed by atoms with Crippen LogP contribution >= 0.6 is 15.9 Å². The number of halogens is 1. The second-order valence-corrected chi connectivity index (χ2v) is 14.1. The van der Waals surface area contributed by atoms with Crippen molar-refractivity contribution in [3.63, 3.8) is 0 Å². The molecule has 1 N–H and O–H groups in total. The third kappa shape index (κ3) is 9.20. The van der Waals surface area contributed by atoms with Crippen LogP contribution in [0.15, 0.2) is 112 Å². The molecule has 0 fully saturated rings. The number of sulfonamides is 1. The fourth-order valence-corrected chi connectivity index (χ4v) is 6.76. The maximum atomic E-state index is 14.5. The Bertz CT molecular complexity index is 1710. The van der Waals surface area contributed by atoms with Gasteiger partial charge in [-0.3, -0.25) is 13.9 Å². The van der Waals surface area contributed by atoms with E-state index in [2.05, 4.69) is 21.2 Å². The zero-order valence-electron chi connectivity index (χ0n) is 26.5. The molecule has 0 spiro atoms. The number of amides is 2. The van der Waals surface area contributed by atoms with Gasteiger partial charge in [0.15, 0.2) is 0 Å². The second kappa shape index (κ2) is 15.9. The number of hydrogen-bond acceptors (Lipinski definition) is 5. The van der Waals surface area contributed by atoms with Crippen molar-refractivity contribution in [2.24, 2.45) is 0 Å². The van der Waals surface area contributed by atoms with Crippen molar-refractivity contribution in [2.45, 2.75) is 57.6 Å². The molecule has 4 aromatic carbocycles. The lowest BCUT2D eigenvalue weighted by Crippen LogP contribution is -2.54. The number of anilines is 1. The fourth-order valence-electron chi connectivity index (χ4n) is 5.08. The Morgan fingerprint density at radius 2 is 1.52 bits per heavy atom. The minimum Gasteiger partial charge on any atom is -0.494 e. The van der Waals surface area contributed by atoms with Crippen LogP contribution in [0.25, 0.3) is 0 Å². The summed E-state index contributed by atoms with van der Waals surface area (Å²) in [6, 6.07) is 29.0. The molecule has 2 amide bonds. The number of nitrogens with one attached hydrogen (secondary N) is 1. The van der Waals surface area contributed by atoms with Crippen molar-refractivity contribution in [2.75, 3.05) is 17.5 Å². The number of benzene rings is 4. The number of aryl methyl sites for hydroxylation is 1. The highest BCUT2D eigenvalue weighted by Crippen LogP contribution is 2.28. The first-order valence-electron chi connectivity index (χ1n) is 15.2. The Balaban J connectivity index is 1.80. The van der Waals surface area contributed by atoms with Gasteiger partial charge < -0.3 is 15.0 Å². The van der Waals surface area contributed by atoms with Crippen LogP contribution in [0, 0.1) is 6.92 Å². The van der Waals surface area contributed by atoms with Crippen LogP contribution in [0.5, 0.6) is 5.75 Å². The van der Waals surface area contributed by atoms with E-state index in [1.807, 2.05) is 82.3 Å². The molecule has 0 aliphatic carbocycles. The van der Waals surface area contributed by atoms with Gasteiger partial charge in [0.25, 0.3) is 10.0 Å². The summed E-state index contributed by atoms with van der Waals surface area (Å²) in [7, 11) is -4.20. The lowest BCUT2D eigenvalue weighted by Gasteiger charge is -2.34. The minimum atomic E-state index is -4.20. The second-order valence-electron chi connectivity index (χ2n) is 11.3. The van der Waals surface area contributed by atoms with E-state index in [1.165, 1.54) is 17.0 Å².